The fourth-order valence-corrected chi connectivity index (χ4v) is 2.51. The van der Waals surface area contributed by atoms with Crippen molar-refractivity contribution in [3.63, 3.8) is 0 Å². The average Bonchev–Trinajstić information content (AvgIpc) is 3.01. The number of aromatic nitrogens is 2. The van der Waals surface area contributed by atoms with Crippen molar-refractivity contribution in [1.29, 1.82) is 0 Å². The second-order valence-electron chi connectivity index (χ2n) is 5.82. The summed E-state index contributed by atoms with van der Waals surface area (Å²) in [4.78, 5) is 29.3. The van der Waals surface area contributed by atoms with Crippen LogP contribution in [0.2, 0.25) is 0 Å². The Morgan fingerprint density at radius 3 is 2.56 bits per heavy atom. The molecule has 0 saturated carbocycles. The van der Waals surface area contributed by atoms with Crippen LogP contribution >= 0.6 is 0 Å². The van der Waals surface area contributed by atoms with Crippen molar-refractivity contribution in [1.82, 2.24) is 14.7 Å². The normalized spacial score (nSPS) is 10.6. The van der Waals surface area contributed by atoms with E-state index in [1.165, 1.54) is 0 Å². The molecular formula is C19H20N4O2. The Balaban J connectivity index is 1.94. The minimum atomic E-state index is -0.345. The Bertz CT molecular complexity index is 913. The maximum absolute atomic E-state index is 12.6. The number of hydrogen-bond donors (Lipinski definition) is 2. The lowest BCUT2D eigenvalue weighted by Gasteiger charge is -2.04. The third-order valence-electron chi connectivity index (χ3n) is 3.81. The highest BCUT2D eigenvalue weighted by Crippen LogP contribution is 2.16. The number of carbonyl (C=O) groups is 2. The number of anilines is 1. The molecule has 0 spiro atoms. The molecule has 0 unspecified atom stereocenters. The van der Waals surface area contributed by atoms with Gasteiger partial charge in [-0.15, -0.1) is 0 Å². The van der Waals surface area contributed by atoms with E-state index >= 15 is 0 Å². The lowest BCUT2D eigenvalue weighted by Crippen LogP contribution is -2.26. The standard InChI is InChI=1S/C19H20N4O2/c1-3-11-20-19(25)17-22-16(15-6-4-5-12-23(15)17)18(24)21-14-9-7-13(2)8-10-14/h4-10,12H,3,11H2,1-2H3,(H,20,25)(H,21,24). The second-order valence-corrected chi connectivity index (χ2v) is 5.82. The fourth-order valence-electron chi connectivity index (χ4n) is 2.51. The number of amides is 2. The minimum absolute atomic E-state index is 0.207. The van der Waals surface area contributed by atoms with Crippen LogP contribution in [0.4, 0.5) is 5.69 Å². The van der Waals surface area contributed by atoms with E-state index in [9.17, 15) is 9.59 Å². The third-order valence-corrected chi connectivity index (χ3v) is 3.81. The SMILES string of the molecule is CCCNC(=O)c1nc(C(=O)Nc2ccc(C)cc2)c2ccccn12. The molecule has 1 aromatic carbocycles. The number of carbonyl (C=O) groups excluding carboxylic acids is 2. The van der Waals surface area contributed by atoms with Crippen LogP contribution in [0.15, 0.2) is 48.7 Å². The topological polar surface area (TPSA) is 75.5 Å². The molecule has 0 aliphatic rings. The van der Waals surface area contributed by atoms with E-state index in [1.807, 2.05) is 44.2 Å². The number of nitrogens with zero attached hydrogens (tertiary/aromatic N) is 2. The molecule has 3 rings (SSSR count). The Kier molecular flexibility index (Phi) is 4.79. The van der Waals surface area contributed by atoms with Gasteiger partial charge in [-0.1, -0.05) is 30.7 Å². The number of benzene rings is 1. The van der Waals surface area contributed by atoms with Crippen LogP contribution in [0.1, 0.15) is 40.0 Å². The van der Waals surface area contributed by atoms with Gasteiger partial charge in [0, 0.05) is 18.4 Å². The highest BCUT2D eigenvalue weighted by Gasteiger charge is 2.21. The molecule has 0 atom stereocenters. The van der Waals surface area contributed by atoms with E-state index < -0.39 is 0 Å². The van der Waals surface area contributed by atoms with E-state index in [2.05, 4.69) is 15.6 Å². The molecule has 0 radical (unpaired) electrons. The van der Waals surface area contributed by atoms with Gasteiger partial charge in [-0.05, 0) is 37.6 Å². The number of fused-ring (bicyclic) bond motifs is 1. The summed E-state index contributed by atoms with van der Waals surface area (Å²) in [5.41, 5.74) is 2.61. The first-order valence-electron chi connectivity index (χ1n) is 8.23. The van der Waals surface area contributed by atoms with Crippen LogP contribution in [0.3, 0.4) is 0 Å². The summed E-state index contributed by atoms with van der Waals surface area (Å²) in [5.74, 6) is -0.433. The molecule has 3 aromatic rings. The van der Waals surface area contributed by atoms with Gasteiger partial charge in [0.15, 0.2) is 5.69 Å². The zero-order valence-corrected chi connectivity index (χ0v) is 14.2. The quantitative estimate of drug-likeness (QED) is 0.752. The summed E-state index contributed by atoms with van der Waals surface area (Å²) in [6, 6.07) is 12.9. The summed E-state index contributed by atoms with van der Waals surface area (Å²) in [6.07, 6.45) is 2.56. The lowest BCUT2D eigenvalue weighted by molar-refractivity contribution is 0.0942. The lowest BCUT2D eigenvalue weighted by atomic mass is 10.2. The van der Waals surface area contributed by atoms with E-state index in [0.717, 1.165) is 12.0 Å². The molecule has 0 saturated heterocycles. The Labute approximate surface area is 145 Å². The Hall–Kier alpha value is -3.15. The van der Waals surface area contributed by atoms with Gasteiger partial charge in [0.25, 0.3) is 11.8 Å². The smallest absolute Gasteiger partial charge is 0.287 e. The van der Waals surface area contributed by atoms with Crippen LogP contribution in [0.25, 0.3) is 5.52 Å². The van der Waals surface area contributed by atoms with E-state index in [4.69, 9.17) is 0 Å². The van der Waals surface area contributed by atoms with Gasteiger partial charge in [0.05, 0.1) is 5.52 Å². The van der Waals surface area contributed by atoms with Crippen molar-refractivity contribution >= 4 is 23.0 Å². The first-order valence-corrected chi connectivity index (χ1v) is 8.23. The fraction of sp³-hybridized carbons (Fsp3) is 0.211. The Morgan fingerprint density at radius 2 is 1.84 bits per heavy atom. The van der Waals surface area contributed by atoms with Crippen molar-refractivity contribution in [2.75, 3.05) is 11.9 Å². The van der Waals surface area contributed by atoms with Gasteiger partial charge < -0.3 is 10.6 Å². The van der Waals surface area contributed by atoms with E-state index in [1.54, 1.807) is 22.7 Å². The van der Waals surface area contributed by atoms with Gasteiger partial charge in [-0.3, -0.25) is 14.0 Å². The molecule has 6 nitrogen and oxygen atoms in total. The maximum atomic E-state index is 12.6. The van der Waals surface area contributed by atoms with Gasteiger partial charge in [-0.25, -0.2) is 4.98 Å². The van der Waals surface area contributed by atoms with Gasteiger partial charge in [-0.2, -0.15) is 0 Å². The summed E-state index contributed by atoms with van der Waals surface area (Å²) >= 11 is 0. The van der Waals surface area contributed by atoms with Crippen molar-refractivity contribution in [3.05, 3.63) is 65.7 Å². The summed E-state index contributed by atoms with van der Waals surface area (Å²) in [7, 11) is 0. The molecule has 128 valence electrons. The zero-order valence-electron chi connectivity index (χ0n) is 14.2. The van der Waals surface area contributed by atoms with Crippen LogP contribution in [-0.2, 0) is 0 Å². The predicted molar refractivity (Wildman–Crippen MR) is 96.9 cm³/mol. The molecule has 0 aliphatic heterocycles. The molecule has 0 bridgehead atoms. The van der Waals surface area contributed by atoms with Gasteiger partial charge in [0.2, 0.25) is 5.82 Å². The van der Waals surface area contributed by atoms with Crippen molar-refractivity contribution < 1.29 is 9.59 Å². The van der Waals surface area contributed by atoms with Gasteiger partial charge in [0.1, 0.15) is 0 Å². The summed E-state index contributed by atoms with van der Waals surface area (Å²) in [6.45, 7) is 4.52. The number of aryl methyl sites for hydroxylation is 1. The molecule has 25 heavy (non-hydrogen) atoms. The molecule has 2 N–H and O–H groups in total. The van der Waals surface area contributed by atoms with E-state index in [-0.39, 0.29) is 23.3 Å². The molecule has 2 heterocycles. The summed E-state index contributed by atoms with van der Waals surface area (Å²) < 4.78 is 1.63. The van der Waals surface area contributed by atoms with Crippen molar-refractivity contribution in [2.24, 2.45) is 0 Å². The molecule has 2 amide bonds. The van der Waals surface area contributed by atoms with Crippen LogP contribution in [0, 0.1) is 6.92 Å². The molecule has 2 aromatic heterocycles. The zero-order chi connectivity index (χ0) is 17.8. The highest BCUT2D eigenvalue weighted by molar-refractivity contribution is 6.08. The summed E-state index contributed by atoms with van der Waals surface area (Å²) in [5, 5.41) is 5.62. The number of nitrogens with one attached hydrogen (secondary N) is 2. The number of imidazole rings is 1. The third kappa shape index (κ3) is 3.52. The molecule has 0 fully saturated rings. The predicted octanol–water partition coefficient (Wildman–Crippen LogP) is 3.03. The minimum Gasteiger partial charge on any atom is -0.349 e. The van der Waals surface area contributed by atoms with Crippen LogP contribution in [0.5, 0.6) is 0 Å². The molecule has 0 aliphatic carbocycles. The number of rotatable bonds is 5. The first-order chi connectivity index (χ1) is 12.1. The van der Waals surface area contributed by atoms with Gasteiger partial charge >= 0.3 is 0 Å². The maximum Gasteiger partial charge on any atom is 0.287 e. The monoisotopic (exact) mass is 336 g/mol. The first kappa shape index (κ1) is 16.7. The average molecular weight is 336 g/mol. The molecule has 6 heteroatoms. The number of hydrogen-bond acceptors (Lipinski definition) is 3. The highest BCUT2D eigenvalue weighted by atomic mass is 16.2. The number of pyridine rings is 1. The van der Waals surface area contributed by atoms with Crippen LogP contribution < -0.4 is 10.6 Å². The van der Waals surface area contributed by atoms with Crippen molar-refractivity contribution in [3.8, 4) is 0 Å². The molecular weight excluding hydrogens is 316 g/mol. The van der Waals surface area contributed by atoms with Crippen LogP contribution in [-0.4, -0.2) is 27.7 Å². The van der Waals surface area contributed by atoms with E-state index in [0.29, 0.717) is 17.7 Å². The Morgan fingerprint density at radius 1 is 1.08 bits per heavy atom. The largest absolute Gasteiger partial charge is 0.349 e. The second kappa shape index (κ2) is 7.17. The van der Waals surface area contributed by atoms with Crippen molar-refractivity contribution in [2.45, 2.75) is 20.3 Å².